The van der Waals surface area contributed by atoms with Crippen LogP contribution in [-0.4, -0.2) is 72.7 Å². The number of carbonyl (C=O) groups excluding carboxylic acids is 3. The third-order valence-corrected chi connectivity index (χ3v) is 10.1. The van der Waals surface area contributed by atoms with Crippen LogP contribution < -0.4 is 5.32 Å². The minimum atomic E-state index is -1.57. The minimum Gasteiger partial charge on any atom is -0.508 e. The largest absolute Gasteiger partial charge is 0.508 e. The summed E-state index contributed by atoms with van der Waals surface area (Å²) < 4.78 is 0. The number of rotatable bonds is 8. The summed E-state index contributed by atoms with van der Waals surface area (Å²) in [6.45, 7) is 3.63. The molecule has 212 valence electrons. The third-order valence-electron chi connectivity index (χ3n) is 8.66. The highest BCUT2D eigenvalue weighted by Crippen LogP contribution is 2.58. The van der Waals surface area contributed by atoms with Crippen LogP contribution in [0.5, 0.6) is 5.75 Å². The Morgan fingerprint density at radius 1 is 1.05 bits per heavy atom. The molecule has 0 aromatic heterocycles. The van der Waals surface area contributed by atoms with Crippen LogP contribution >= 0.6 is 11.8 Å². The van der Waals surface area contributed by atoms with Crippen LogP contribution in [0.2, 0.25) is 0 Å². The zero-order chi connectivity index (χ0) is 28.9. The van der Waals surface area contributed by atoms with E-state index >= 15 is 0 Å². The van der Waals surface area contributed by atoms with Crippen LogP contribution in [0.1, 0.15) is 46.3 Å². The predicted molar refractivity (Wildman–Crippen MR) is 156 cm³/mol. The number of fused-ring (bicyclic) bond motifs is 1. The topological polar surface area (TPSA) is 110 Å². The Morgan fingerprint density at radius 2 is 1.73 bits per heavy atom. The predicted octanol–water partition coefficient (Wildman–Crippen LogP) is 3.42. The zero-order valence-corrected chi connectivity index (χ0v) is 23.8. The molecule has 3 aliphatic rings. The maximum atomic E-state index is 13.8. The van der Waals surface area contributed by atoms with E-state index in [2.05, 4.69) is 17.4 Å². The van der Waals surface area contributed by atoms with Crippen molar-refractivity contribution in [3.8, 4) is 5.75 Å². The van der Waals surface area contributed by atoms with E-state index in [0.717, 1.165) is 12.0 Å². The maximum absolute atomic E-state index is 13.8. The number of β-lactam (4-membered cyclic amide) rings is 1. The highest BCUT2D eigenvalue weighted by atomic mass is 32.2. The van der Waals surface area contributed by atoms with Crippen molar-refractivity contribution < 1.29 is 24.6 Å². The number of aromatic hydroxyl groups is 1. The number of nitrogens with zero attached hydrogens (tertiary/aromatic N) is 2. The van der Waals surface area contributed by atoms with Crippen molar-refractivity contribution in [2.75, 3.05) is 5.88 Å². The number of thioether (sulfide) groups is 1. The van der Waals surface area contributed by atoms with Crippen LogP contribution in [0.4, 0.5) is 0 Å². The molecule has 6 atom stereocenters. The molecular formula is C32H33N3O5S. The van der Waals surface area contributed by atoms with E-state index in [-0.39, 0.29) is 35.6 Å². The molecule has 2 aliphatic heterocycles. The first-order valence-corrected chi connectivity index (χ1v) is 14.8. The second kappa shape index (κ2) is 10.5. The number of amides is 3. The van der Waals surface area contributed by atoms with Gasteiger partial charge in [0.15, 0.2) is 6.10 Å². The lowest BCUT2D eigenvalue weighted by Crippen LogP contribution is -2.74. The molecule has 3 N–H and O–H groups in total. The summed E-state index contributed by atoms with van der Waals surface area (Å²) in [5.74, 6) is -0.622. The van der Waals surface area contributed by atoms with Gasteiger partial charge < -0.3 is 25.3 Å². The molecule has 8 nitrogen and oxygen atoms in total. The molecule has 6 rings (SSSR count). The number of aliphatic hydroxyl groups is 1. The van der Waals surface area contributed by atoms with E-state index in [1.54, 1.807) is 19.1 Å². The molecule has 9 heteroatoms. The summed E-state index contributed by atoms with van der Waals surface area (Å²) in [5, 5.41) is 24.3. The number of nitrogens with one attached hydrogen (secondary N) is 1. The first-order chi connectivity index (χ1) is 19.7. The second-order valence-electron chi connectivity index (χ2n) is 11.2. The molecule has 41 heavy (non-hydrogen) atoms. The number of aliphatic hydroxyl groups excluding tert-OH is 1. The van der Waals surface area contributed by atoms with Gasteiger partial charge in [0, 0.05) is 23.1 Å². The molecule has 0 spiro atoms. The van der Waals surface area contributed by atoms with Crippen molar-refractivity contribution in [2.24, 2.45) is 0 Å². The van der Waals surface area contributed by atoms with Crippen molar-refractivity contribution in [2.45, 2.75) is 61.7 Å². The van der Waals surface area contributed by atoms with E-state index < -0.39 is 34.9 Å². The van der Waals surface area contributed by atoms with E-state index in [1.165, 1.54) is 28.3 Å². The summed E-state index contributed by atoms with van der Waals surface area (Å²) in [6, 6.07) is 22.6. The van der Waals surface area contributed by atoms with Gasteiger partial charge in [0.25, 0.3) is 11.8 Å². The Kier molecular flexibility index (Phi) is 7.03. The van der Waals surface area contributed by atoms with Crippen LogP contribution in [0.3, 0.4) is 0 Å². The van der Waals surface area contributed by atoms with E-state index in [0.29, 0.717) is 11.5 Å². The molecule has 0 radical (unpaired) electrons. The standard InChI is InChI=1S/C32H33N3O5S/c1-19-22(14-9-15-26(19)36)29(38)33-24(16-20-10-5-3-6-11-20)27(37)30(39)34-18-41-32(2)28(34)31(40)35(32)25-17-23(25)21-12-7-4-8-13-21/h3-15,23-25,27-28,36-37H,16-18H2,1-2H3,(H,33,38)/t23-,24-,25+,27-,28?,32-/m0/s1. The summed E-state index contributed by atoms with van der Waals surface area (Å²) in [7, 11) is 0. The van der Waals surface area contributed by atoms with Gasteiger partial charge >= 0.3 is 0 Å². The Labute approximate surface area is 243 Å². The summed E-state index contributed by atoms with van der Waals surface area (Å²) in [5.41, 5.74) is 2.72. The fraction of sp³-hybridized carbons (Fsp3) is 0.344. The highest BCUT2D eigenvalue weighted by Gasteiger charge is 2.69. The van der Waals surface area contributed by atoms with Gasteiger partial charge in [-0.3, -0.25) is 14.4 Å². The zero-order valence-electron chi connectivity index (χ0n) is 22.9. The van der Waals surface area contributed by atoms with Crippen molar-refractivity contribution in [3.63, 3.8) is 0 Å². The van der Waals surface area contributed by atoms with E-state index in [4.69, 9.17) is 0 Å². The third kappa shape index (κ3) is 4.77. The summed E-state index contributed by atoms with van der Waals surface area (Å²) >= 11 is 1.54. The lowest BCUT2D eigenvalue weighted by molar-refractivity contribution is -0.168. The quantitative estimate of drug-likeness (QED) is 0.358. The molecule has 2 heterocycles. The average Bonchev–Trinajstić information content (AvgIpc) is 3.68. The Morgan fingerprint density at radius 3 is 2.44 bits per heavy atom. The number of carbonyl (C=O) groups is 3. The maximum Gasteiger partial charge on any atom is 0.255 e. The number of likely N-dealkylation sites (tertiary alicyclic amines) is 1. The monoisotopic (exact) mass is 571 g/mol. The lowest BCUT2D eigenvalue weighted by atomic mass is 9.92. The number of phenols is 1. The smallest absolute Gasteiger partial charge is 0.255 e. The Bertz CT molecular complexity index is 1490. The molecule has 3 amide bonds. The Balaban J connectivity index is 1.19. The molecular weight excluding hydrogens is 538 g/mol. The van der Waals surface area contributed by atoms with Gasteiger partial charge in [0.1, 0.15) is 16.7 Å². The van der Waals surface area contributed by atoms with Gasteiger partial charge in [0.2, 0.25) is 5.91 Å². The molecule has 2 saturated heterocycles. The van der Waals surface area contributed by atoms with Gasteiger partial charge in [-0.1, -0.05) is 66.7 Å². The average molecular weight is 572 g/mol. The fourth-order valence-corrected chi connectivity index (χ4v) is 7.69. The van der Waals surface area contributed by atoms with Crippen molar-refractivity contribution in [3.05, 3.63) is 101 Å². The fourth-order valence-electron chi connectivity index (χ4n) is 6.27. The molecule has 3 fully saturated rings. The summed E-state index contributed by atoms with van der Waals surface area (Å²) in [6.07, 6.45) is -0.463. The van der Waals surface area contributed by atoms with Crippen molar-refractivity contribution in [1.29, 1.82) is 0 Å². The first kappa shape index (κ1) is 27.4. The first-order valence-electron chi connectivity index (χ1n) is 13.8. The molecule has 0 bridgehead atoms. The minimum absolute atomic E-state index is 0.0134. The molecule has 1 unspecified atom stereocenters. The van der Waals surface area contributed by atoms with Crippen LogP contribution in [0.25, 0.3) is 0 Å². The molecule has 3 aromatic rings. The van der Waals surface area contributed by atoms with Gasteiger partial charge in [0.05, 0.1) is 11.9 Å². The van der Waals surface area contributed by atoms with Gasteiger partial charge in [-0.15, -0.1) is 11.8 Å². The van der Waals surface area contributed by atoms with Gasteiger partial charge in [-0.05, 0) is 49.9 Å². The lowest BCUT2D eigenvalue weighted by Gasteiger charge is -2.53. The number of hydrogen-bond donors (Lipinski definition) is 3. The van der Waals surface area contributed by atoms with Crippen LogP contribution in [0.15, 0.2) is 78.9 Å². The highest BCUT2D eigenvalue weighted by molar-refractivity contribution is 8.01. The van der Waals surface area contributed by atoms with Gasteiger partial charge in [-0.2, -0.15) is 0 Å². The second-order valence-corrected chi connectivity index (χ2v) is 12.6. The van der Waals surface area contributed by atoms with Crippen LogP contribution in [-0.2, 0) is 16.0 Å². The normalized spacial score (nSPS) is 26.1. The number of phenolic OH excluding ortho intramolecular Hbond substituents is 1. The summed E-state index contributed by atoms with van der Waals surface area (Å²) in [4.78, 5) is 43.3. The van der Waals surface area contributed by atoms with E-state index in [9.17, 15) is 24.6 Å². The number of hydrogen-bond acceptors (Lipinski definition) is 6. The van der Waals surface area contributed by atoms with E-state index in [1.807, 2.05) is 60.4 Å². The number of benzene rings is 3. The SMILES string of the molecule is Cc1c(O)cccc1C(=O)N[C@@H](Cc1ccccc1)[C@H](O)C(=O)N1CS[C@@]2(C)C1C(=O)N2[C@@H]1C[C@H]1c1ccccc1. The van der Waals surface area contributed by atoms with Gasteiger partial charge in [-0.25, -0.2) is 0 Å². The molecule has 3 aromatic carbocycles. The van der Waals surface area contributed by atoms with Crippen molar-refractivity contribution in [1.82, 2.24) is 15.1 Å². The van der Waals surface area contributed by atoms with Crippen molar-refractivity contribution >= 4 is 29.5 Å². The van der Waals surface area contributed by atoms with Crippen LogP contribution in [0, 0.1) is 6.92 Å². The molecule has 1 saturated carbocycles. The Hall–Kier alpha value is -3.82. The molecule has 1 aliphatic carbocycles.